The molecule has 0 unspecified atom stereocenters. The monoisotopic (exact) mass is 299 g/mol. The van der Waals surface area contributed by atoms with Gasteiger partial charge >= 0.3 is 6.09 Å². The van der Waals surface area contributed by atoms with Crippen molar-refractivity contribution in [3.63, 3.8) is 0 Å². The van der Waals surface area contributed by atoms with E-state index in [4.69, 9.17) is 9.94 Å². The van der Waals surface area contributed by atoms with Gasteiger partial charge in [0.05, 0.1) is 5.71 Å². The molecule has 1 aromatic rings. The lowest BCUT2D eigenvalue weighted by Crippen LogP contribution is -2.33. The fourth-order valence-electron chi connectivity index (χ4n) is 1.92. The SMILES string of the molecule is Cl.O=C(NC[C@@H]1CNC/C1=N/O)OCc1ccccc1. The van der Waals surface area contributed by atoms with Gasteiger partial charge in [-0.3, -0.25) is 0 Å². The van der Waals surface area contributed by atoms with Gasteiger partial charge in [-0.05, 0) is 5.56 Å². The maximum absolute atomic E-state index is 11.5. The predicted octanol–water partition coefficient (Wildman–Crippen LogP) is 1.38. The summed E-state index contributed by atoms with van der Waals surface area (Å²) in [5.74, 6) is 0.0225. The van der Waals surface area contributed by atoms with E-state index in [1.54, 1.807) is 0 Å². The van der Waals surface area contributed by atoms with E-state index in [0.717, 1.165) is 5.56 Å². The zero-order valence-electron chi connectivity index (χ0n) is 10.9. The molecule has 2 rings (SSSR count). The normalized spacial score (nSPS) is 19.4. The summed E-state index contributed by atoms with van der Waals surface area (Å²) < 4.78 is 5.08. The Morgan fingerprint density at radius 1 is 1.45 bits per heavy atom. The summed E-state index contributed by atoms with van der Waals surface area (Å²) in [6, 6.07) is 9.48. The number of hydrogen-bond acceptors (Lipinski definition) is 5. The Balaban J connectivity index is 0.00000200. The van der Waals surface area contributed by atoms with Crippen LogP contribution in [0.4, 0.5) is 4.79 Å². The zero-order chi connectivity index (χ0) is 13.5. The highest BCUT2D eigenvalue weighted by atomic mass is 35.5. The number of carbonyl (C=O) groups is 1. The first-order chi connectivity index (χ1) is 9.29. The molecule has 1 amide bonds. The number of amides is 1. The van der Waals surface area contributed by atoms with E-state index in [1.165, 1.54) is 0 Å². The number of nitrogens with zero attached hydrogens (tertiary/aromatic N) is 1. The average Bonchev–Trinajstić information content (AvgIpc) is 2.91. The van der Waals surface area contributed by atoms with Crippen LogP contribution < -0.4 is 10.6 Å². The number of oxime groups is 1. The molecule has 1 heterocycles. The molecule has 1 saturated heterocycles. The third kappa shape index (κ3) is 4.71. The molecule has 20 heavy (non-hydrogen) atoms. The van der Waals surface area contributed by atoms with Gasteiger partial charge in [0, 0.05) is 25.6 Å². The molecular weight excluding hydrogens is 282 g/mol. The van der Waals surface area contributed by atoms with Crippen molar-refractivity contribution >= 4 is 24.2 Å². The Kier molecular flexibility index (Phi) is 6.83. The quantitative estimate of drug-likeness (QED) is 0.579. The maximum atomic E-state index is 11.5. The van der Waals surface area contributed by atoms with Crippen molar-refractivity contribution in [1.29, 1.82) is 0 Å². The van der Waals surface area contributed by atoms with Crippen LogP contribution in [0.5, 0.6) is 0 Å². The summed E-state index contributed by atoms with van der Waals surface area (Å²) in [5.41, 5.74) is 1.60. The largest absolute Gasteiger partial charge is 0.445 e. The standard InChI is InChI=1S/C13H17N3O3.ClH/c17-13(19-9-10-4-2-1-3-5-10)15-7-11-6-14-8-12(11)16-18;/h1-5,11,14,18H,6-9H2,(H,15,17);1H/b16-12-;/t11-;/m0./s1. The second kappa shape index (κ2) is 8.39. The van der Waals surface area contributed by atoms with Gasteiger partial charge in [-0.25, -0.2) is 4.79 Å². The second-order valence-corrected chi connectivity index (χ2v) is 4.36. The average molecular weight is 300 g/mol. The number of rotatable bonds is 4. The minimum atomic E-state index is -0.465. The molecule has 0 bridgehead atoms. The first-order valence-electron chi connectivity index (χ1n) is 6.15. The highest BCUT2D eigenvalue weighted by molar-refractivity contribution is 5.90. The van der Waals surface area contributed by atoms with Crippen LogP contribution in [-0.2, 0) is 11.3 Å². The Labute approximate surface area is 123 Å². The molecule has 0 spiro atoms. The molecule has 1 atom stereocenters. The highest BCUT2D eigenvalue weighted by Crippen LogP contribution is 2.04. The van der Waals surface area contributed by atoms with Gasteiger partial charge in [0.15, 0.2) is 0 Å². The van der Waals surface area contributed by atoms with Gasteiger partial charge in [-0.1, -0.05) is 35.5 Å². The molecule has 6 nitrogen and oxygen atoms in total. The van der Waals surface area contributed by atoms with Crippen LogP contribution in [0, 0.1) is 5.92 Å². The molecule has 7 heteroatoms. The lowest BCUT2D eigenvalue weighted by atomic mass is 10.1. The Morgan fingerprint density at radius 3 is 2.90 bits per heavy atom. The molecule has 0 radical (unpaired) electrons. The minimum absolute atomic E-state index is 0. The van der Waals surface area contributed by atoms with Crippen molar-refractivity contribution in [2.24, 2.45) is 11.1 Å². The van der Waals surface area contributed by atoms with Crippen LogP contribution in [0.1, 0.15) is 5.56 Å². The Bertz CT molecular complexity index is 453. The molecule has 1 fully saturated rings. The maximum Gasteiger partial charge on any atom is 0.407 e. The Hall–Kier alpha value is -1.79. The molecular formula is C13H18ClN3O3. The topological polar surface area (TPSA) is 83.0 Å². The fourth-order valence-corrected chi connectivity index (χ4v) is 1.92. The van der Waals surface area contributed by atoms with Gasteiger partial charge in [0.2, 0.25) is 0 Å². The molecule has 0 saturated carbocycles. The van der Waals surface area contributed by atoms with Gasteiger partial charge in [0.25, 0.3) is 0 Å². The summed E-state index contributed by atoms with van der Waals surface area (Å²) in [4.78, 5) is 11.5. The summed E-state index contributed by atoms with van der Waals surface area (Å²) in [5, 5.41) is 17.7. The molecule has 1 aliphatic heterocycles. The number of hydrogen-bond donors (Lipinski definition) is 3. The highest BCUT2D eigenvalue weighted by Gasteiger charge is 2.23. The van der Waals surface area contributed by atoms with E-state index in [1.807, 2.05) is 30.3 Å². The summed E-state index contributed by atoms with van der Waals surface area (Å²) in [6.45, 7) is 1.90. The van der Waals surface area contributed by atoms with Gasteiger partial charge in [-0.15, -0.1) is 12.4 Å². The van der Waals surface area contributed by atoms with Crippen molar-refractivity contribution in [1.82, 2.24) is 10.6 Å². The van der Waals surface area contributed by atoms with Crippen LogP contribution >= 0.6 is 12.4 Å². The zero-order valence-corrected chi connectivity index (χ0v) is 11.7. The number of ether oxygens (including phenoxy) is 1. The van der Waals surface area contributed by atoms with Crippen LogP contribution in [0.2, 0.25) is 0 Å². The molecule has 1 aromatic carbocycles. The van der Waals surface area contributed by atoms with Crippen LogP contribution in [0.25, 0.3) is 0 Å². The van der Waals surface area contributed by atoms with E-state index in [2.05, 4.69) is 15.8 Å². The summed E-state index contributed by atoms with van der Waals surface area (Å²) in [6.07, 6.45) is -0.465. The van der Waals surface area contributed by atoms with Crippen molar-refractivity contribution < 1.29 is 14.7 Å². The lowest BCUT2D eigenvalue weighted by molar-refractivity contribution is 0.139. The smallest absolute Gasteiger partial charge is 0.407 e. The predicted molar refractivity (Wildman–Crippen MR) is 77.5 cm³/mol. The Morgan fingerprint density at radius 2 is 2.20 bits per heavy atom. The fraction of sp³-hybridized carbons (Fsp3) is 0.385. The lowest BCUT2D eigenvalue weighted by Gasteiger charge is -2.11. The first-order valence-corrected chi connectivity index (χ1v) is 6.15. The first kappa shape index (κ1) is 16.3. The molecule has 110 valence electrons. The van der Waals surface area contributed by atoms with Gasteiger partial charge in [-0.2, -0.15) is 0 Å². The summed E-state index contributed by atoms with van der Waals surface area (Å²) >= 11 is 0. The van der Waals surface area contributed by atoms with Gasteiger partial charge in [0.1, 0.15) is 6.61 Å². The van der Waals surface area contributed by atoms with Crippen molar-refractivity contribution in [2.75, 3.05) is 19.6 Å². The molecule has 3 N–H and O–H groups in total. The third-order valence-electron chi connectivity index (χ3n) is 3.00. The van der Waals surface area contributed by atoms with E-state index in [0.29, 0.717) is 25.3 Å². The van der Waals surface area contributed by atoms with E-state index >= 15 is 0 Å². The number of carbonyl (C=O) groups excluding carboxylic acids is 1. The van der Waals surface area contributed by atoms with E-state index in [-0.39, 0.29) is 24.9 Å². The number of nitrogens with one attached hydrogen (secondary N) is 2. The number of halogens is 1. The number of benzene rings is 1. The van der Waals surface area contributed by atoms with E-state index in [9.17, 15) is 4.79 Å². The molecule has 1 aliphatic rings. The van der Waals surface area contributed by atoms with E-state index < -0.39 is 6.09 Å². The third-order valence-corrected chi connectivity index (χ3v) is 3.00. The summed E-state index contributed by atoms with van der Waals surface area (Å²) in [7, 11) is 0. The van der Waals surface area contributed by atoms with Gasteiger partial charge < -0.3 is 20.6 Å². The minimum Gasteiger partial charge on any atom is -0.445 e. The molecule has 0 aliphatic carbocycles. The van der Waals surface area contributed by atoms with Crippen LogP contribution in [0.15, 0.2) is 35.5 Å². The molecule has 0 aromatic heterocycles. The van der Waals surface area contributed by atoms with Crippen molar-refractivity contribution in [3.8, 4) is 0 Å². The van der Waals surface area contributed by atoms with Crippen molar-refractivity contribution in [3.05, 3.63) is 35.9 Å². The van der Waals surface area contributed by atoms with Crippen LogP contribution in [0.3, 0.4) is 0 Å². The second-order valence-electron chi connectivity index (χ2n) is 4.36. The van der Waals surface area contributed by atoms with Crippen molar-refractivity contribution in [2.45, 2.75) is 6.61 Å². The van der Waals surface area contributed by atoms with Crippen LogP contribution in [-0.4, -0.2) is 36.6 Å². The number of alkyl carbamates (subject to hydrolysis) is 1.